The van der Waals surface area contributed by atoms with Crippen molar-refractivity contribution >= 4 is 35.1 Å². The Morgan fingerprint density at radius 2 is 1.68 bits per heavy atom. The van der Waals surface area contributed by atoms with Crippen molar-refractivity contribution in [3.63, 3.8) is 0 Å². The number of nitrogens with zero attached hydrogens (tertiary/aromatic N) is 1. The topological polar surface area (TPSA) is 67.9 Å². The molecule has 4 rings (SSSR count). The van der Waals surface area contributed by atoms with Crippen molar-refractivity contribution in [2.75, 3.05) is 20.3 Å². The van der Waals surface area contributed by atoms with Crippen LogP contribution in [-0.4, -0.2) is 43.2 Å². The van der Waals surface area contributed by atoms with Gasteiger partial charge in [0.1, 0.15) is 0 Å². The van der Waals surface area contributed by atoms with Crippen molar-refractivity contribution in [3.05, 3.63) is 106 Å². The summed E-state index contributed by atoms with van der Waals surface area (Å²) in [6, 6.07) is 25.0. The molecule has 0 radical (unpaired) electrons. The van der Waals surface area contributed by atoms with Crippen LogP contribution < -0.4 is 5.32 Å². The summed E-state index contributed by atoms with van der Waals surface area (Å²) in [5, 5.41) is 4.49. The fourth-order valence-corrected chi connectivity index (χ4v) is 5.28. The first kappa shape index (κ1) is 28.1. The van der Waals surface area contributed by atoms with E-state index in [1.54, 1.807) is 12.1 Å². The number of carbonyl (C=O) groups excluding carboxylic acids is 2. The minimum atomic E-state index is -0.842. The summed E-state index contributed by atoms with van der Waals surface area (Å²) in [4.78, 5) is 28.4. The largest absolute Gasteiger partial charge is 0.468 e. The van der Waals surface area contributed by atoms with Crippen molar-refractivity contribution in [2.45, 2.75) is 44.0 Å². The summed E-state index contributed by atoms with van der Waals surface area (Å²) >= 11 is 12.1. The van der Waals surface area contributed by atoms with Gasteiger partial charge in [0.2, 0.25) is 5.91 Å². The molecule has 0 saturated carbocycles. The van der Waals surface area contributed by atoms with Crippen LogP contribution in [0.1, 0.15) is 36.0 Å². The number of ether oxygens (including phenoxy) is 2. The van der Waals surface area contributed by atoms with Gasteiger partial charge in [-0.15, -0.1) is 0 Å². The van der Waals surface area contributed by atoms with Crippen molar-refractivity contribution in [1.82, 2.24) is 10.2 Å². The zero-order chi connectivity index (χ0) is 27.0. The van der Waals surface area contributed by atoms with E-state index in [2.05, 4.69) is 5.32 Å². The SMILES string of the molecule is COC(=O)C1(c2ccccc2)CCN(C(=O)CCOCc2ccc(Cl)c(Cl)c2)C(NCc2ccccc2)C1. The lowest BCUT2D eigenvalue weighted by Crippen LogP contribution is -2.59. The van der Waals surface area contributed by atoms with Crippen LogP contribution in [0.4, 0.5) is 0 Å². The van der Waals surface area contributed by atoms with Gasteiger partial charge in [-0.05, 0) is 35.2 Å². The first-order chi connectivity index (χ1) is 18.4. The minimum Gasteiger partial charge on any atom is -0.468 e. The van der Waals surface area contributed by atoms with Gasteiger partial charge in [0.05, 0.1) is 48.4 Å². The summed E-state index contributed by atoms with van der Waals surface area (Å²) in [5.74, 6) is -0.316. The second-order valence-corrected chi connectivity index (χ2v) is 10.2. The molecule has 1 N–H and O–H groups in total. The van der Waals surface area contributed by atoms with E-state index in [4.69, 9.17) is 32.7 Å². The maximum absolute atomic E-state index is 13.4. The summed E-state index contributed by atoms with van der Waals surface area (Å²) in [6.45, 7) is 1.58. The van der Waals surface area contributed by atoms with Crippen LogP contribution in [0, 0.1) is 0 Å². The molecule has 0 spiro atoms. The van der Waals surface area contributed by atoms with E-state index in [0.29, 0.717) is 42.6 Å². The molecule has 2 unspecified atom stereocenters. The Balaban J connectivity index is 1.46. The number of methoxy groups -OCH3 is 1. The lowest BCUT2D eigenvalue weighted by Gasteiger charge is -2.45. The van der Waals surface area contributed by atoms with E-state index in [0.717, 1.165) is 16.7 Å². The predicted octanol–water partition coefficient (Wildman–Crippen LogP) is 5.75. The second kappa shape index (κ2) is 13.3. The Morgan fingerprint density at radius 3 is 2.37 bits per heavy atom. The highest BCUT2D eigenvalue weighted by molar-refractivity contribution is 6.42. The van der Waals surface area contributed by atoms with Gasteiger partial charge in [0, 0.05) is 19.5 Å². The Kier molecular flexibility index (Phi) is 9.80. The van der Waals surface area contributed by atoms with Crippen LogP contribution in [-0.2, 0) is 37.6 Å². The zero-order valence-electron chi connectivity index (χ0n) is 21.4. The lowest BCUT2D eigenvalue weighted by molar-refractivity contribution is -0.154. The van der Waals surface area contributed by atoms with E-state index in [9.17, 15) is 9.59 Å². The Hall–Kier alpha value is -2.90. The van der Waals surface area contributed by atoms with Gasteiger partial charge >= 0.3 is 5.97 Å². The maximum atomic E-state index is 13.4. The third-order valence-corrected chi connectivity index (χ3v) is 7.76. The van der Waals surface area contributed by atoms with Crippen LogP contribution in [0.25, 0.3) is 0 Å². The molecule has 3 aromatic carbocycles. The van der Waals surface area contributed by atoms with Crippen LogP contribution in [0.15, 0.2) is 78.9 Å². The Bertz CT molecular complexity index is 1230. The summed E-state index contributed by atoms with van der Waals surface area (Å²) in [6.07, 6.45) is 0.752. The average Bonchev–Trinajstić information content (AvgIpc) is 2.96. The number of hydrogen-bond acceptors (Lipinski definition) is 5. The monoisotopic (exact) mass is 554 g/mol. The van der Waals surface area contributed by atoms with Crippen LogP contribution >= 0.6 is 23.2 Å². The first-order valence-electron chi connectivity index (χ1n) is 12.7. The van der Waals surface area contributed by atoms with Crippen molar-refractivity contribution in [2.24, 2.45) is 0 Å². The highest BCUT2D eigenvalue weighted by Gasteiger charge is 2.48. The average molecular weight is 556 g/mol. The highest BCUT2D eigenvalue weighted by Crippen LogP contribution is 2.39. The Morgan fingerprint density at radius 1 is 0.974 bits per heavy atom. The van der Waals surface area contributed by atoms with Crippen LogP contribution in [0.2, 0.25) is 10.0 Å². The Labute approximate surface area is 233 Å². The number of carbonyl (C=O) groups is 2. The van der Waals surface area contributed by atoms with Crippen molar-refractivity contribution < 1.29 is 19.1 Å². The number of nitrogens with one attached hydrogen (secondary N) is 1. The van der Waals surface area contributed by atoms with E-state index in [1.807, 2.05) is 71.6 Å². The number of amides is 1. The fourth-order valence-electron chi connectivity index (χ4n) is 4.96. The molecule has 3 aromatic rings. The minimum absolute atomic E-state index is 0.0313. The number of esters is 1. The quantitative estimate of drug-likeness (QED) is 0.255. The van der Waals surface area contributed by atoms with Gasteiger partial charge in [-0.1, -0.05) is 89.9 Å². The van der Waals surface area contributed by atoms with E-state index in [-0.39, 0.29) is 31.1 Å². The molecular formula is C30H32Cl2N2O4. The molecule has 200 valence electrons. The number of rotatable bonds is 10. The van der Waals surface area contributed by atoms with Crippen molar-refractivity contribution in [3.8, 4) is 0 Å². The maximum Gasteiger partial charge on any atom is 0.316 e. The number of hydrogen-bond donors (Lipinski definition) is 1. The smallest absolute Gasteiger partial charge is 0.316 e. The zero-order valence-corrected chi connectivity index (χ0v) is 22.9. The third kappa shape index (κ3) is 6.75. The van der Waals surface area contributed by atoms with Gasteiger partial charge in [-0.2, -0.15) is 0 Å². The molecule has 8 heteroatoms. The number of likely N-dealkylation sites (tertiary alicyclic amines) is 1. The molecular weight excluding hydrogens is 523 g/mol. The van der Waals surface area contributed by atoms with Gasteiger partial charge in [-0.25, -0.2) is 0 Å². The normalized spacial score (nSPS) is 19.2. The summed E-state index contributed by atoms with van der Waals surface area (Å²) in [7, 11) is 1.42. The summed E-state index contributed by atoms with van der Waals surface area (Å²) in [5.41, 5.74) is 2.04. The highest BCUT2D eigenvalue weighted by atomic mass is 35.5. The number of benzene rings is 3. The van der Waals surface area contributed by atoms with Gasteiger partial charge < -0.3 is 14.4 Å². The van der Waals surface area contributed by atoms with Crippen molar-refractivity contribution in [1.29, 1.82) is 0 Å². The standard InChI is InChI=1S/C30H32Cl2N2O4/c1-37-29(36)30(24-10-6-3-7-11-24)15-16-34(27(19-30)33-20-22-8-4-2-5-9-22)28(35)14-17-38-21-23-12-13-25(31)26(32)18-23/h2-13,18,27,33H,14-17,19-21H2,1H3. The van der Waals surface area contributed by atoms with E-state index in [1.165, 1.54) is 7.11 Å². The molecule has 1 saturated heterocycles. The first-order valence-corrected chi connectivity index (χ1v) is 13.4. The molecule has 2 atom stereocenters. The molecule has 6 nitrogen and oxygen atoms in total. The molecule has 0 aromatic heterocycles. The van der Waals surface area contributed by atoms with Crippen LogP contribution in [0.3, 0.4) is 0 Å². The molecule has 0 aliphatic carbocycles. The summed E-state index contributed by atoms with van der Waals surface area (Å²) < 4.78 is 11.0. The van der Waals surface area contributed by atoms with Gasteiger partial charge in [0.25, 0.3) is 0 Å². The predicted molar refractivity (Wildman–Crippen MR) is 149 cm³/mol. The lowest BCUT2D eigenvalue weighted by atomic mass is 9.71. The van der Waals surface area contributed by atoms with E-state index < -0.39 is 5.41 Å². The molecule has 1 amide bonds. The van der Waals surface area contributed by atoms with Gasteiger partial charge in [0.15, 0.2) is 0 Å². The van der Waals surface area contributed by atoms with Gasteiger partial charge in [-0.3, -0.25) is 14.9 Å². The number of halogens is 2. The molecule has 1 fully saturated rings. The van der Waals surface area contributed by atoms with E-state index >= 15 is 0 Å². The molecule has 1 aliphatic rings. The fraction of sp³-hybridized carbons (Fsp3) is 0.333. The second-order valence-electron chi connectivity index (χ2n) is 9.41. The molecule has 38 heavy (non-hydrogen) atoms. The molecule has 1 heterocycles. The molecule has 1 aliphatic heterocycles. The van der Waals surface area contributed by atoms with Crippen LogP contribution in [0.5, 0.6) is 0 Å². The third-order valence-electron chi connectivity index (χ3n) is 7.02. The number of piperidine rings is 1. The molecule has 0 bridgehead atoms.